The fourth-order valence-corrected chi connectivity index (χ4v) is 3.94. The van der Waals surface area contributed by atoms with Gasteiger partial charge in [-0.25, -0.2) is 4.98 Å². The number of carbonyl (C=O) groups is 1. The summed E-state index contributed by atoms with van der Waals surface area (Å²) in [4.78, 5) is 19.1. The van der Waals surface area contributed by atoms with Crippen molar-refractivity contribution in [3.63, 3.8) is 0 Å². The molecule has 2 atom stereocenters. The maximum atomic E-state index is 13.0. The zero-order valence-corrected chi connectivity index (χ0v) is 16.3. The molecule has 1 fully saturated rings. The van der Waals surface area contributed by atoms with Crippen molar-refractivity contribution >= 4 is 5.91 Å². The van der Waals surface area contributed by atoms with E-state index < -0.39 is 11.5 Å². The van der Waals surface area contributed by atoms with E-state index in [-0.39, 0.29) is 19.1 Å². The molecule has 2 aromatic rings. The fraction of sp³-hybridized carbons (Fsp3) is 0.524. The van der Waals surface area contributed by atoms with Gasteiger partial charge in [-0.15, -0.1) is 0 Å². The van der Waals surface area contributed by atoms with Gasteiger partial charge in [0.15, 0.2) is 0 Å². The molecule has 1 aliphatic heterocycles. The molecule has 3 rings (SSSR count). The minimum atomic E-state index is -0.691. The number of aromatic nitrogens is 2. The van der Waals surface area contributed by atoms with Gasteiger partial charge in [-0.1, -0.05) is 30.3 Å². The number of ether oxygens (including phenoxy) is 1. The Morgan fingerprint density at radius 1 is 1.36 bits per heavy atom. The van der Waals surface area contributed by atoms with Gasteiger partial charge < -0.3 is 24.4 Å². The molecular formula is C21H29N3O4. The number of hydrogen-bond acceptors (Lipinski definition) is 5. The van der Waals surface area contributed by atoms with Crippen LogP contribution in [0.15, 0.2) is 42.7 Å². The van der Waals surface area contributed by atoms with Crippen LogP contribution in [0.4, 0.5) is 0 Å². The molecule has 0 saturated carbocycles. The number of amides is 1. The summed E-state index contributed by atoms with van der Waals surface area (Å²) >= 11 is 0. The van der Waals surface area contributed by atoms with Gasteiger partial charge in [-0.05, 0) is 19.3 Å². The average Bonchev–Trinajstić information content (AvgIpc) is 3.18. The Morgan fingerprint density at radius 2 is 2.14 bits per heavy atom. The van der Waals surface area contributed by atoms with E-state index in [9.17, 15) is 15.0 Å². The van der Waals surface area contributed by atoms with Crippen molar-refractivity contribution in [3.8, 4) is 11.4 Å². The number of carbonyl (C=O) groups excluding carboxylic acids is 1. The minimum absolute atomic E-state index is 0.0355. The molecule has 2 N–H and O–H groups in total. The molecule has 7 heteroatoms. The second-order valence-electron chi connectivity index (χ2n) is 7.48. The number of piperidine rings is 1. The second-order valence-corrected chi connectivity index (χ2v) is 7.48. The molecule has 1 aromatic carbocycles. The van der Waals surface area contributed by atoms with Crippen LogP contribution in [0.3, 0.4) is 0 Å². The van der Waals surface area contributed by atoms with Gasteiger partial charge in [-0.3, -0.25) is 4.79 Å². The quantitative estimate of drug-likeness (QED) is 0.671. The lowest BCUT2D eigenvalue weighted by atomic mass is 9.74. The van der Waals surface area contributed by atoms with Crippen LogP contribution in [0.25, 0.3) is 11.4 Å². The van der Waals surface area contributed by atoms with E-state index in [2.05, 4.69) is 4.98 Å². The summed E-state index contributed by atoms with van der Waals surface area (Å²) in [7, 11) is 1.63. The molecule has 1 aromatic heterocycles. The van der Waals surface area contributed by atoms with Crippen LogP contribution in [-0.4, -0.2) is 70.1 Å². The number of imidazole rings is 1. The number of aliphatic hydroxyl groups excluding tert-OH is 2. The van der Waals surface area contributed by atoms with Crippen molar-refractivity contribution in [1.29, 1.82) is 0 Å². The summed E-state index contributed by atoms with van der Waals surface area (Å²) in [5.74, 6) is 0.714. The van der Waals surface area contributed by atoms with Crippen LogP contribution in [0, 0.1) is 5.41 Å². The maximum absolute atomic E-state index is 13.0. The third-order valence-electron chi connectivity index (χ3n) is 5.63. The van der Waals surface area contributed by atoms with E-state index in [4.69, 9.17) is 4.74 Å². The van der Waals surface area contributed by atoms with E-state index in [0.717, 1.165) is 17.8 Å². The molecule has 0 radical (unpaired) electrons. The van der Waals surface area contributed by atoms with Gasteiger partial charge in [0.25, 0.3) is 0 Å². The summed E-state index contributed by atoms with van der Waals surface area (Å²) in [5, 5.41) is 20.5. The highest BCUT2D eigenvalue weighted by molar-refractivity contribution is 5.77. The number of methoxy groups -OCH3 is 1. The van der Waals surface area contributed by atoms with Crippen molar-refractivity contribution in [2.24, 2.45) is 5.41 Å². The van der Waals surface area contributed by atoms with Crippen molar-refractivity contribution in [3.05, 3.63) is 42.7 Å². The molecule has 0 spiro atoms. The number of nitrogens with zero attached hydrogens (tertiary/aromatic N) is 3. The zero-order valence-electron chi connectivity index (χ0n) is 16.3. The van der Waals surface area contributed by atoms with Gasteiger partial charge in [-0.2, -0.15) is 0 Å². The smallest absolute Gasteiger partial charge is 0.242 e. The fourth-order valence-electron chi connectivity index (χ4n) is 3.94. The van der Waals surface area contributed by atoms with Crippen LogP contribution in [0.5, 0.6) is 0 Å². The van der Waals surface area contributed by atoms with E-state index in [0.29, 0.717) is 32.5 Å². The van der Waals surface area contributed by atoms with Gasteiger partial charge >= 0.3 is 0 Å². The standard InChI is InChI=1S/C21H29N3O4/c1-28-13-5-9-21(16-25)15-24(11-8-18(21)26)19(27)14-23-12-10-22-20(23)17-6-3-2-4-7-17/h2-4,6-7,10,12,18,25-26H,5,8-9,11,13-16H2,1H3/t18-,21+/m1/s1. The Morgan fingerprint density at radius 3 is 2.86 bits per heavy atom. The molecule has 1 saturated heterocycles. The first-order valence-electron chi connectivity index (χ1n) is 9.72. The number of hydrogen-bond donors (Lipinski definition) is 2. The van der Waals surface area contributed by atoms with E-state index in [1.54, 1.807) is 24.4 Å². The molecule has 7 nitrogen and oxygen atoms in total. The third-order valence-corrected chi connectivity index (χ3v) is 5.63. The van der Waals surface area contributed by atoms with Gasteiger partial charge in [0.1, 0.15) is 12.4 Å². The van der Waals surface area contributed by atoms with Crippen LogP contribution in [0.2, 0.25) is 0 Å². The monoisotopic (exact) mass is 387 g/mol. The Balaban J connectivity index is 1.70. The highest BCUT2D eigenvalue weighted by atomic mass is 16.5. The normalized spacial score (nSPS) is 22.4. The number of benzene rings is 1. The van der Waals surface area contributed by atoms with E-state index in [1.807, 2.05) is 34.9 Å². The Kier molecular flexibility index (Phi) is 6.83. The average molecular weight is 387 g/mol. The van der Waals surface area contributed by atoms with Crippen molar-refractivity contribution in [2.45, 2.75) is 31.9 Å². The highest BCUT2D eigenvalue weighted by Gasteiger charge is 2.43. The van der Waals surface area contributed by atoms with Crippen molar-refractivity contribution in [1.82, 2.24) is 14.5 Å². The topological polar surface area (TPSA) is 87.8 Å². The van der Waals surface area contributed by atoms with Gasteiger partial charge in [0, 0.05) is 50.2 Å². The molecule has 0 aliphatic carbocycles. The van der Waals surface area contributed by atoms with Crippen LogP contribution >= 0.6 is 0 Å². The summed E-state index contributed by atoms with van der Waals surface area (Å²) in [6.07, 6.45) is 4.69. The van der Waals surface area contributed by atoms with Gasteiger partial charge in [0.2, 0.25) is 5.91 Å². The summed E-state index contributed by atoms with van der Waals surface area (Å²) in [5.41, 5.74) is 0.266. The lowest BCUT2D eigenvalue weighted by Crippen LogP contribution is -2.55. The molecule has 1 amide bonds. The van der Waals surface area contributed by atoms with Crippen molar-refractivity contribution in [2.75, 3.05) is 33.4 Å². The molecule has 1 aliphatic rings. The number of likely N-dealkylation sites (tertiary alicyclic amines) is 1. The Hall–Kier alpha value is -2.22. The van der Waals surface area contributed by atoms with Crippen LogP contribution in [-0.2, 0) is 16.1 Å². The SMILES string of the molecule is COCCC[C@@]1(CO)CN(C(=O)Cn2ccnc2-c2ccccc2)CC[C@H]1O. The highest BCUT2D eigenvalue weighted by Crippen LogP contribution is 2.35. The van der Waals surface area contributed by atoms with Crippen LogP contribution in [0.1, 0.15) is 19.3 Å². The van der Waals surface area contributed by atoms with Crippen molar-refractivity contribution < 1.29 is 19.7 Å². The molecule has 2 heterocycles. The molecule has 152 valence electrons. The van der Waals surface area contributed by atoms with Gasteiger partial charge in [0.05, 0.1) is 12.7 Å². The lowest BCUT2D eigenvalue weighted by Gasteiger charge is -2.45. The zero-order chi connectivity index (χ0) is 20.0. The first-order chi connectivity index (χ1) is 13.6. The predicted molar refractivity (Wildman–Crippen MR) is 105 cm³/mol. The van der Waals surface area contributed by atoms with Crippen LogP contribution < -0.4 is 0 Å². The third kappa shape index (κ3) is 4.43. The Bertz CT molecular complexity index is 764. The number of rotatable bonds is 8. The minimum Gasteiger partial charge on any atom is -0.396 e. The largest absolute Gasteiger partial charge is 0.396 e. The Labute approximate surface area is 165 Å². The molecule has 0 bridgehead atoms. The van der Waals surface area contributed by atoms with E-state index in [1.165, 1.54) is 0 Å². The summed E-state index contributed by atoms with van der Waals surface area (Å²) in [6.45, 7) is 1.43. The predicted octanol–water partition coefficient (Wildman–Crippen LogP) is 1.55. The molecule has 28 heavy (non-hydrogen) atoms. The van der Waals surface area contributed by atoms with E-state index >= 15 is 0 Å². The molecular weight excluding hydrogens is 358 g/mol. The molecule has 0 unspecified atom stereocenters. The number of aliphatic hydroxyl groups is 2. The first-order valence-corrected chi connectivity index (χ1v) is 9.72. The lowest BCUT2D eigenvalue weighted by molar-refractivity contribution is -0.143. The second kappa shape index (κ2) is 9.32. The maximum Gasteiger partial charge on any atom is 0.242 e. The first kappa shape index (κ1) is 20.5. The summed E-state index contributed by atoms with van der Waals surface area (Å²) < 4.78 is 6.94. The summed E-state index contributed by atoms with van der Waals surface area (Å²) in [6, 6.07) is 9.76.